The second-order valence-electron chi connectivity index (χ2n) is 16.7. The van der Waals surface area contributed by atoms with Crippen LogP contribution in [0.3, 0.4) is 0 Å². The van der Waals surface area contributed by atoms with Crippen LogP contribution in [0.1, 0.15) is 57.3 Å². The molecule has 0 spiro atoms. The van der Waals surface area contributed by atoms with E-state index in [-0.39, 0.29) is 10.4 Å². The Kier molecular flexibility index (Phi) is 7.04. The van der Waals surface area contributed by atoms with Gasteiger partial charge in [-0.2, -0.15) is 0 Å². The van der Waals surface area contributed by atoms with E-state index >= 15 is 0 Å². The Morgan fingerprint density at radius 1 is 0.397 bits per heavy atom. The normalized spacial score (nSPS) is 15.9. The Bertz CT molecular complexity index is 3830. The van der Waals surface area contributed by atoms with E-state index in [1.54, 1.807) is 30.3 Å². The standard InChI is InChI=1S/C60H48N2Si/c1-5-18-45(19-6-1)52-28-17-29-55-56-42-47(61-57-30-15-13-26-53(57)54-27-14-16-31-58(54)61)38-41-59(56)62(60(52)55)46-36-32-43(33-37-46)44-34-39-51(40-35-44)63(48-20-7-2-8-21-48,49-22-9-3-10-23-49)50-24-11-4-12-25-50/h2-4,7-17,20-42,45H,1,5-6,18-19H2/i2D,3D,7D,8D,9D,10D,20D,21D,22D,23D. The lowest BCUT2D eigenvalue weighted by atomic mass is 9.83. The number of para-hydroxylation sites is 3. The van der Waals surface area contributed by atoms with Gasteiger partial charge in [0, 0.05) is 32.9 Å². The monoisotopic (exact) mass is 834 g/mol. The van der Waals surface area contributed by atoms with Gasteiger partial charge in [-0.05, 0) is 98.7 Å². The van der Waals surface area contributed by atoms with Crippen molar-refractivity contribution < 1.29 is 13.7 Å². The van der Waals surface area contributed by atoms with Crippen LogP contribution in [0, 0.1) is 0 Å². The molecule has 9 aromatic carbocycles. The third-order valence-corrected chi connectivity index (χ3v) is 17.8. The van der Waals surface area contributed by atoms with Gasteiger partial charge in [-0.15, -0.1) is 0 Å². The number of hydrogen-bond acceptors (Lipinski definition) is 0. The molecule has 2 heterocycles. The minimum atomic E-state index is -4.34. The first kappa shape index (κ1) is 28.4. The van der Waals surface area contributed by atoms with E-state index in [2.05, 4.69) is 118 Å². The first-order chi connectivity index (χ1) is 35.4. The van der Waals surface area contributed by atoms with E-state index in [0.717, 1.165) is 51.9 Å². The van der Waals surface area contributed by atoms with Crippen LogP contribution in [0.25, 0.3) is 66.1 Å². The number of rotatable bonds is 8. The van der Waals surface area contributed by atoms with Crippen molar-refractivity contribution in [2.75, 3.05) is 0 Å². The van der Waals surface area contributed by atoms with Crippen LogP contribution in [0.15, 0.2) is 224 Å². The van der Waals surface area contributed by atoms with Crippen molar-refractivity contribution in [2.45, 2.75) is 38.0 Å². The smallest absolute Gasteiger partial charge is 0.179 e. The highest BCUT2D eigenvalue weighted by Crippen LogP contribution is 2.42. The first-order valence-corrected chi connectivity index (χ1v) is 23.9. The molecule has 0 unspecified atom stereocenters. The van der Waals surface area contributed by atoms with E-state index in [9.17, 15) is 5.48 Å². The van der Waals surface area contributed by atoms with Gasteiger partial charge in [-0.25, -0.2) is 0 Å². The van der Waals surface area contributed by atoms with E-state index in [1.807, 2.05) is 24.3 Å². The zero-order valence-electron chi connectivity index (χ0n) is 44.6. The maximum atomic E-state index is 9.36. The van der Waals surface area contributed by atoms with Crippen molar-refractivity contribution in [3.63, 3.8) is 0 Å². The van der Waals surface area contributed by atoms with Crippen LogP contribution in [-0.4, -0.2) is 17.2 Å². The average molecular weight is 835 g/mol. The number of benzene rings is 9. The third kappa shape index (κ3) is 6.13. The van der Waals surface area contributed by atoms with Gasteiger partial charge in [0.15, 0.2) is 8.07 Å². The lowest BCUT2D eigenvalue weighted by Crippen LogP contribution is -2.74. The third-order valence-electron chi connectivity index (χ3n) is 13.4. The molecule has 1 fully saturated rings. The van der Waals surface area contributed by atoms with Crippen LogP contribution < -0.4 is 20.7 Å². The summed E-state index contributed by atoms with van der Waals surface area (Å²) >= 11 is 0. The van der Waals surface area contributed by atoms with Gasteiger partial charge in [0.1, 0.15) is 0 Å². The molecule has 1 aliphatic rings. The van der Waals surface area contributed by atoms with Crippen molar-refractivity contribution in [1.82, 2.24) is 9.13 Å². The zero-order valence-corrected chi connectivity index (χ0v) is 35.6. The number of hydrogen-bond donors (Lipinski definition) is 0. The summed E-state index contributed by atoms with van der Waals surface area (Å²) in [5.74, 6) is 0.451. The molecule has 2 nitrogen and oxygen atoms in total. The molecule has 1 saturated carbocycles. The molecule has 11 aromatic rings. The summed E-state index contributed by atoms with van der Waals surface area (Å²) in [5, 5.41) is 5.66. The predicted molar refractivity (Wildman–Crippen MR) is 270 cm³/mol. The lowest BCUT2D eigenvalue weighted by Gasteiger charge is -2.34. The minimum absolute atomic E-state index is 0.0821. The summed E-state index contributed by atoms with van der Waals surface area (Å²) in [6.45, 7) is 0. The maximum Gasteiger partial charge on any atom is 0.179 e. The molecule has 0 atom stereocenters. The summed E-state index contributed by atoms with van der Waals surface area (Å²) in [7, 11) is -4.34. The van der Waals surface area contributed by atoms with Gasteiger partial charge in [0.05, 0.1) is 35.8 Å². The molecular weight excluding hydrogens is 777 g/mol. The molecule has 0 N–H and O–H groups in total. The number of aromatic nitrogens is 2. The highest BCUT2D eigenvalue weighted by atomic mass is 28.3. The first-order valence-electron chi connectivity index (χ1n) is 26.9. The molecule has 0 amide bonds. The average Bonchev–Trinajstić information content (AvgIpc) is 3.96. The fraction of sp³-hybridized carbons (Fsp3) is 0.100. The Morgan fingerprint density at radius 3 is 1.56 bits per heavy atom. The van der Waals surface area contributed by atoms with E-state index in [0.29, 0.717) is 16.3 Å². The van der Waals surface area contributed by atoms with Crippen molar-refractivity contribution in [1.29, 1.82) is 0 Å². The molecule has 63 heavy (non-hydrogen) atoms. The topological polar surface area (TPSA) is 9.86 Å². The van der Waals surface area contributed by atoms with Gasteiger partial charge in [0.2, 0.25) is 0 Å². The van der Waals surface area contributed by atoms with Gasteiger partial charge in [0.25, 0.3) is 0 Å². The van der Waals surface area contributed by atoms with Crippen molar-refractivity contribution in [3.8, 4) is 22.5 Å². The summed E-state index contributed by atoms with van der Waals surface area (Å²) < 4.78 is 94.5. The quantitative estimate of drug-likeness (QED) is 0.107. The highest BCUT2D eigenvalue weighted by molar-refractivity contribution is 7.19. The summed E-state index contributed by atoms with van der Waals surface area (Å²) in [5.41, 5.74) is 9.91. The van der Waals surface area contributed by atoms with E-state index in [4.69, 9.17) is 8.22 Å². The van der Waals surface area contributed by atoms with E-state index < -0.39 is 68.5 Å². The Labute approximate surface area is 384 Å². The van der Waals surface area contributed by atoms with Crippen molar-refractivity contribution >= 4 is 72.4 Å². The second kappa shape index (κ2) is 15.6. The molecule has 0 saturated heterocycles. The highest BCUT2D eigenvalue weighted by Gasteiger charge is 2.41. The molecule has 1 aliphatic carbocycles. The molecule has 0 bridgehead atoms. The number of nitrogens with zero attached hydrogens (tertiary/aromatic N) is 2. The van der Waals surface area contributed by atoms with Gasteiger partial charge < -0.3 is 9.13 Å². The summed E-state index contributed by atoms with van der Waals surface area (Å²) in [4.78, 5) is 0. The van der Waals surface area contributed by atoms with Crippen LogP contribution in [0.5, 0.6) is 0 Å². The van der Waals surface area contributed by atoms with Gasteiger partial charge in [-0.3, -0.25) is 0 Å². The fourth-order valence-corrected chi connectivity index (χ4v) is 14.7. The minimum Gasteiger partial charge on any atom is -0.309 e. The Balaban J connectivity index is 1.03. The van der Waals surface area contributed by atoms with Gasteiger partial charge >= 0.3 is 0 Å². The van der Waals surface area contributed by atoms with Crippen LogP contribution in [0.4, 0.5) is 0 Å². The van der Waals surface area contributed by atoms with Crippen molar-refractivity contribution in [3.05, 3.63) is 230 Å². The SMILES string of the molecule is [2H]c1c([2H])c([2H])c([Si](c2ccccc2)(c2ccc(-c3ccc(-n4c5ccc(-n6c7ccccc7c7ccccc76)cc5c5cccc(C6CCCCC6)c54)cc3)cc2)c2c([2H])c([2H])c([2H])c([2H])c2[2H])c([2H])c1[2H]. The lowest BCUT2D eigenvalue weighted by molar-refractivity contribution is 0.445. The predicted octanol–water partition coefficient (Wildman–Crippen LogP) is 13.0. The second-order valence-corrected chi connectivity index (χ2v) is 20.4. The summed E-state index contributed by atoms with van der Waals surface area (Å²) in [6, 6.07) is 50.4. The van der Waals surface area contributed by atoms with Crippen LogP contribution in [-0.2, 0) is 0 Å². The largest absolute Gasteiger partial charge is 0.309 e. The molecule has 0 aliphatic heterocycles. The zero-order chi connectivity index (χ0) is 50.4. The Hall–Kier alpha value is -7.20. The molecular formula is C60H48N2Si. The Morgan fingerprint density at radius 2 is 0.921 bits per heavy atom. The molecule has 3 heteroatoms. The fourth-order valence-electron chi connectivity index (χ4n) is 10.6. The number of fused-ring (bicyclic) bond motifs is 6. The van der Waals surface area contributed by atoms with E-state index in [1.165, 1.54) is 51.9 Å². The molecule has 2 aromatic heterocycles. The maximum absolute atomic E-state index is 9.36. The van der Waals surface area contributed by atoms with Gasteiger partial charge in [-0.1, -0.05) is 201 Å². The van der Waals surface area contributed by atoms with Crippen LogP contribution >= 0.6 is 0 Å². The molecule has 12 rings (SSSR count). The summed E-state index contributed by atoms with van der Waals surface area (Å²) in [6.07, 6.45) is 6.00. The van der Waals surface area contributed by atoms with Crippen molar-refractivity contribution in [2.24, 2.45) is 0 Å². The molecule has 302 valence electrons. The molecule has 0 radical (unpaired) electrons. The van der Waals surface area contributed by atoms with Crippen LogP contribution in [0.2, 0.25) is 0 Å².